The molecule has 0 aliphatic carbocycles. The monoisotopic (exact) mass is 470 g/mol. The second kappa shape index (κ2) is 9.79. The van der Waals surface area contributed by atoms with Crippen molar-refractivity contribution in [3.8, 4) is 17.3 Å². The summed E-state index contributed by atoms with van der Waals surface area (Å²) in [5.74, 6) is 0.572. The summed E-state index contributed by atoms with van der Waals surface area (Å²) in [6, 6.07) is 9.19. The maximum atomic E-state index is 13.8. The first-order valence-corrected chi connectivity index (χ1v) is 11.1. The number of pyridine rings is 1. The van der Waals surface area contributed by atoms with Gasteiger partial charge in [0.2, 0.25) is 5.88 Å². The normalized spacial score (nSPS) is 18.6. The minimum absolute atomic E-state index is 0.0902. The SMILES string of the molecule is Cc1cccc(-c2ncccn2)c1C(=O)N1CCC[C@@H](C)[C@H]1COc1ccc(C(F)(F)F)cn1. The lowest BCUT2D eigenvalue weighted by molar-refractivity contribution is -0.137. The number of ether oxygens (including phenoxy) is 1. The highest BCUT2D eigenvalue weighted by Gasteiger charge is 2.35. The molecular weight excluding hydrogens is 445 g/mol. The number of halogens is 3. The van der Waals surface area contributed by atoms with Gasteiger partial charge in [0, 0.05) is 36.8 Å². The second-order valence-electron chi connectivity index (χ2n) is 8.45. The van der Waals surface area contributed by atoms with E-state index in [1.165, 1.54) is 6.07 Å². The molecule has 0 saturated carbocycles. The first-order valence-electron chi connectivity index (χ1n) is 11.1. The van der Waals surface area contributed by atoms with E-state index in [0.29, 0.717) is 23.5 Å². The Morgan fingerprint density at radius 1 is 1.12 bits per heavy atom. The topological polar surface area (TPSA) is 68.2 Å². The molecule has 1 amide bonds. The highest BCUT2D eigenvalue weighted by Crippen LogP contribution is 2.31. The summed E-state index contributed by atoms with van der Waals surface area (Å²) in [6.07, 6.45) is 1.33. The van der Waals surface area contributed by atoms with Crippen LogP contribution in [-0.2, 0) is 6.18 Å². The predicted octanol–water partition coefficient (Wildman–Crippen LogP) is 5.19. The van der Waals surface area contributed by atoms with Gasteiger partial charge in [-0.25, -0.2) is 15.0 Å². The van der Waals surface area contributed by atoms with Crippen LogP contribution in [0.3, 0.4) is 0 Å². The average Bonchev–Trinajstić information content (AvgIpc) is 2.83. The molecule has 3 aromatic rings. The first kappa shape index (κ1) is 23.7. The van der Waals surface area contributed by atoms with Gasteiger partial charge in [0.1, 0.15) is 6.61 Å². The lowest BCUT2D eigenvalue weighted by Crippen LogP contribution is -2.51. The minimum atomic E-state index is -4.46. The number of amides is 1. The molecule has 1 aliphatic rings. The van der Waals surface area contributed by atoms with Crippen LogP contribution in [0.2, 0.25) is 0 Å². The fourth-order valence-corrected chi connectivity index (χ4v) is 4.28. The molecule has 0 unspecified atom stereocenters. The van der Waals surface area contributed by atoms with Crippen molar-refractivity contribution in [1.29, 1.82) is 0 Å². The van der Waals surface area contributed by atoms with E-state index in [9.17, 15) is 18.0 Å². The van der Waals surface area contributed by atoms with Gasteiger partial charge < -0.3 is 9.64 Å². The zero-order valence-corrected chi connectivity index (χ0v) is 18.9. The molecule has 0 bridgehead atoms. The summed E-state index contributed by atoms with van der Waals surface area (Å²) < 4.78 is 44.2. The van der Waals surface area contributed by atoms with Crippen LogP contribution in [0.5, 0.6) is 5.88 Å². The average molecular weight is 470 g/mol. The minimum Gasteiger partial charge on any atom is -0.475 e. The van der Waals surface area contributed by atoms with E-state index in [1.807, 2.05) is 32.0 Å². The largest absolute Gasteiger partial charge is 0.475 e. The van der Waals surface area contributed by atoms with Crippen molar-refractivity contribution in [2.24, 2.45) is 5.92 Å². The molecule has 9 heteroatoms. The molecular formula is C25H25F3N4O2. The zero-order valence-electron chi connectivity index (χ0n) is 18.9. The molecule has 1 fully saturated rings. The molecule has 6 nitrogen and oxygen atoms in total. The van der Waals surface area contributed by atoms with Crippen molar-refractivity contribution in [3.05, 3.63) is 71.7 Å². The van der Waals surface area contributed by atoms with E-state index >= 15 is 0 Å². The van der Waals surface area contributed by atoms with Gasteiger partial charge in [0.05, 0.1) is 17.2 Å². The van der Waals surface area contributed by atoms with Crippen LogP contribution in [0.4, 0.5) is 13.2 Å². The van der Waals surface area contributed by atoms with E-state index in [0.717, 1.165) is 30.7 Å². The first-order chi connectivity index (χ1) is 16.3. The Morgan fingerprint density at radius 3 is 2.56 bits per heavy atom. The number of nitrogens with zero attached hydrogens (tertiary/aromatic N) is 4. The molecule has 0 radical (unpaired) electrons. The molecule has 3 heterocycles. The Morgan fingerprint density at radius 2 is 1.88 bits per heavy atom. The molecule has 0 spiro atoms. The fraction of sp³-hybridized carbons (Fsp3) is 0.360. The number of aryl methyl sites for hydroxylation is 1. The number of piperidine rings is 1. The summed E-state index contributed by atoms with van der Waals surface area (Å²) in [4.78, 5) is 28.0. The quantitative estimate of drug-likeness (QED) is 0.514. The Balaban J connectivity index is 1.58. The molecule has 178 valence electrons. The van der Waals surface area contributed by atoms with Crippen molar-refractivity contribution in [2.75, 3.05) is 13.2 Å². The van der Waals surface area contributed by atoms with E-state index in [4.69, 9.17) is 4.74 Å². The number of carbonyl (C=O) groups is 1. The molecule has 34 heavy (non-hydrogen) atoms. The van der Waals surface area contributed by atoms with E-state index in [1.54, 1.807) is 23.4 Å². The van der Waals surface area contributed by atoms with Gasteiger partial charge in [-0.15, -0.1) is 0 Å². The molecule has 1 aromatic carbocycles. The number of rotatable bonds is 5. The Hall–Kier alpha value is -3.49. The van der Waals surface area contributed by atoms with Crippen LogP contribution in [0, 0.1) is 12.8 Å². The van der Waals surface area contributed by atoms with Crippen LogP contribution in [0.1, 0.15) is 41.3 Å². The zero-order chi connectivity index (χ0) is 24.3. The molecule has 1 saturated heterocycles. The smallest absolute Gasteiger partial charge is 0.417 e. The Labute approximate surface area is 195 Å². The number of hydrogen-bond acceptors (Lipinski definition) is 5. The number of alkyl halides is 3. The summed E-state index contributed by atoms with van der Waals surface area (Å²) in [7, 11) is 0. The van der Waals surface area contributed by atoms with E-state index in [-0.39, 0.29) is 30.4 Å². The van der Waals surface area contributed by atoms with Gasteiger partial charge in [0.25, 0.3) is 5.91 Å². The van der Waals surface area contributed by atoms with Gasteiger partial charge in [-0.2, -0.15) is 13.2 Å². The van der Waals surface area contributed by atoms with Gasteiger partial charge in [-0.05, 0) is 43.4 Å². The highest BCUT2D eigenvalue weighted by molar-refractivity contribution is 6.01. The predicted molar refractivity (Wildman–Crippen MR) is 120 cm³/mol. The van der Waals surface area contributed by atoms with Gasteiger partial charge >= 0.3 is 6.18 Å². The maximum Gasteiger partial charge on any atom is 0.417 e. The molecule has 1 aliphatic heterocycles. The van der Waals surface area contributed by atoms with Crippen molar-refractivity contribution >= 4 is 5.91 Å². The van der Waals surface area contributed by atoms with Crippen molar-refractivity contribution in [1.82, 2.24) is 19.9 Å². The summed E-state index contributed by atoms with van der Waals surface area (Å²) >= 11 is 0. The van der Waals surface area contributed by atoms with Gasteiger partial charge in [0.15, 0.2) is 5.82 Å². The van der Waals surface area contributed by atoms with Crippen LogP contribution in [-0.4, -0.2) is 45.0 Å². The summed E-state index contributed by atoms with van der Waals surface area (Å²) in [5.41, 5.74) is 1.18. The number of benzene rings is 1. The van der Waals surface area contributed by atoms with Gasteiger partial charge in [-0.1, -0.05) is 25.1 Å². The van der Waals surface area contributed by atoms with Crippen molar-refractivity contribution in [3.63, 3.8) is 0 Å². The molecule has 0 N–H and O–H groups in total. The van der Waals surface area contributed by atoms with Gasteiger partial charge in [-0.3, -0.25) is 4.79 Å². The molecule has 2 aromatic heterocycles. The van der Waals surface area contributed by atoms with E-state index < -0.39 is 11.7 Å². The third-order valence-electron chi connectivity index (χ3n) is 6.14. The second-order valence-corrected chi connectivity index (χ2v) is 8.45. The molecule has 4 rings (SSSR count). The fourth-order valence-electron chi connectivity index (χ4n) is 4.28. The third-order valence-corrected chi connectivity index (χ3v) is 6.14. The third kappa shape index (κ3) is 5.03. The Bertz CT molecular complexity index is 1140. The maximum absolute atomic E-state index is 13.8. The molecule has 2 atom stereocenters. The lowest BCUT2D eigenvalue weighted by Gasteiger charge is -2.40. The number of hydrogen-bond donors (Lipinski definition) is 0. The van der Waals surface area contributed by atoms with Crippen LogP contribution in [0.15, 0.2) is 55.0 Å². The lowest BCUT2D eigenvalue weighted by atomic mass is 9.89. The van der Waals surface area contributed by atoms with Crippen molar-refractivity contribution in [2.45, 2.75) is 38.9 Å². The van der Waals surface area contributed by atoms with Crippen LogP contribution >= 0.6 is 0 Å². The van der Waals surface area contributed by atoms with Crippen molar-refractivity contribution < 1.29 is 22.7 Å². The van der Waals surface area contributed by atoms with Crippen LogP contribution in [0.25, 0.3) is 11.4 Å². The van der Waals surface area contributed by atoms with E-state index in [2.05, 4.69) is 15.0 Å². The summed E-state index contributed by atoms with van der Waals surface area (Å²) in [6.45, 7) is 4.62. The summed E-state index contributed by atoms with van der Waals surface area (Å²) in [5, 5.41) is 0. The number of carbonyl (C=O) groups excluding carboxylic acids is 1. The number of aromatic nitrogens is 3. The Kier molecular flexibility index (Phi) is 6.81. The van der Waals surface area contributed by atoms with Crippen LogP contribution < -0.4 is 4.74 Å². The number of likely N-dealkylation sites (tertiary alicyclic amines) is 1. The standard InChI is InChI=1S/C25H25F3N4O2/c1-16-7-4-13-32(20(16)15-34-21-10-9-18(14-31-21)25(26,27)28)24(33)22-17(2)6-3-8-19(22)23-29-11-5-12-30-23/h3,5-6,8-12,14,16,20H,4,7,13,15H2,1-2H3/t16-,20-/m1/s1. The highest BCUT2D eigenvalue weighted by atomic mass is 19.4.